The molecule has 1 unspecified atom stereocenters. The topological polar surface area (TPSA) is 52.7 Å². The van der Waals surface area contributed by atoms with Crippen molar-refractivity contribution in [1.29, 1.82) is 0 Å². The Bertz CT molecular complexity index is 948. The van der Waals surface area contributed by atoms with Gasteiger partial charge in [-0.3, -0.25) is 9.59 Å². The molecule has 0 aromatic heterocycles. The fourth-order valence-corrected chi connectivity index (χ4v) is 4.91. The van der Waals surface area contributed by atoms with Crippen LogP contribution >= 0.6 is 11.8 Å². The van der Waals surface area contributed by atoms with Gasteiger partial charge in [0.05, 0.1) is 11.6 Å². The lowest BCUT2D eigenvalue weighted by molar-refractivity contribution is -0.122. The molecule has 2 heterocycles. The van der Waals surface area contributed by atoms with Crippen LogP contribution in [-0.4, -0.2) is 54.4 Å². The summed E-state index contributed by atoms with van der Waals surface area (Å²) in [7, 11) is 0. The molecule has 2 aromatic rings. The van der Waals surface area contributed by atoms with E-state index < -0.39 is 17.6 Å². The number of nitrogens with zero attached hydrogens (tertiary/aromatic N) is 2. The third-order valence-electron chi connectivity index (χ3n) is 5.74. The molecule has 164 valence electrons. The summed E-state index contributed by atoms with van der Waals surface area (Å²) < 4.78 is 27.2. The molecule has 2 amide bonds. The highest BCUT2D eigenvalue weighted by Crippen LogP contribution is 2.28. The molecule has 4 rings (SSSR count). The first kappa shape index (κ1) is 21.8. The smallest absolute Gasteiger partial charge is 0.229 e. The summed E-state index contributed by atoms with van der Waals surface area (Å²) in [6.45, 7) is 3.38. The quantitative estimate of drug-likeness (QED) is 0.739. The molecule has 1 N–H and O–H groups in total. The van der Waals surface area contributed by atoms with Crippen LogP contribution in [0.4, 0.5) is 20.2 Å². The molecule has 2 aromatic carbocycles. The Balaban J connectivity index is 1.31. The third kappa shape index (κ3) is 5.43. The number of thioether (sulfide) groups is 1. The van der Waals surface area contributed by atoms with Crippen molar-refractivity contribution in [2.24, 2.45) is 5.92 Å². The van der Waals surface area contributed by atoms with Gasteiger partial charge in [0.25, 0.3) is 0 Å². The normalized spacial score (nSPS) is 19.6. The standard InChI is InChI=1S/C23H25F2N3O2S/c24-18-3-6-21(20(25)14-18)28-15-17(13-22(28)29)23(30)26-19-4-1-16(2-5-19)7-8-27-9-11-31-12-10-27/h1-6,14,17H,7-13,15H2,(H,26,30). The van der Waals surface area contributed by atoms with Gasteiger partial charge in [0.15, 0.2) is 0 Å². The van der Waals surface area contributed by atoms with E-state index in [0.29, 0.717) is 5.69 Å². The zero-order valence-electron chi connectivity index (χ0n) is 17.2. The summed E-state index contributed by atoms with van der Waals surface area (Å²) in [4.78, 5) is 28.6. The maximum absolute atomic E-state index is 14.0. The summed E-state index contributed by atoms with van der Waals surface area (Å²) in [6.07, 6.45) is 0.961. The van der Waals surface area contributed by atoms with E-state index in [1.165, 1.54) is 28.0 Å². The number of amides is 2. The Hall–Kier alpha value is -2.45. The Morgan fingerprint density at radius 2 is 1.84 bits per heavy atom. The lowest BCUT2D eigenvalue weighted by atomic mass is 10.1. The second-order valence-corrected chi connectivity index (χ2v) is 9.12. The number of benzene rings is 2. The van der Waals surface area contributed by atoms with Gasteiger partial charge in [-0.05, 0) is 36.2 Å². The van der Waals surface area contributed by atoms with E-state index in [4.69, 9.17) is 0 Å². The Kier molecular flexibility index (Phi) is 6.87. The van der Waals surface area contributed by atoms with E-state index in [-0.39, 0.29) is 30.5 Å². The Labute approximate surface area is 184 Å². The summed E-state index contributed by atoms with van der Waals surface area (Å²) in [5.41, 5.74) is 1.88. The van der Waals surface area contributed by atoms with Crippen LogP contribution in [0.2, 0.25) is 0 Å². The minimum Gasteiger partial charge on any atom is -0.326 e. The van der Waals surface area contributed by atoms with Crippen molar-refractivity contribution in [3.8, 4) is 0 Å². The molecule has 2 aliphatic heterocycles. The zero-order chi connectivity index (χ0) is 21.8. The van der Waals surface area contributed by atoms with E-state index >= 15 is 0 Å². The van der Waals surface area contributed by atoms with Gasteiger partial charge in [-0.1, -0.05) is 12.1 Å². The SMILES string of the molecule is O=C(Nc1ccc(CCN2CCSCC2)cc1)C1CC(=O)N(c2ccc(F)cc2F)C1. The van der Waals surface area contributed by atoms with E-state index in [2.05, 4.69) is 10.2 Å². The highest BCUT2D eigenvalue weighted by atomic mass is 32.2. The number of hydrogen-bond donors (Lipinski definition) is 1. The van der Waals surface area contributed by atoms with Crippen molar-refractivity contribution in [3.63, 3.8) is 0 Å². The average Bonchev–Trinajstić information content (AvgIpc) is 3.15. The van der Waals surface area contributed by atoms with Crippen LogP contribution in [-0.2, 0) is 16.0 Å². The summed E-state index contributed by atoms with van der Waals surface area (Å²) >= 11 is 2.00. The molecule has 0 bridgehead atoms. The van der Waals surface area contributed by atoms with Crippen molar-refractivity contribution in [3.05, 3.63) is 59.7 Å². The van der Waals surface area contributed by atoms with Crippen LogP contribution in [0.1, 0.15) is 12.0 Å². The molecule has 31 heavy (non-hydrogen) atoms. The fraction of sp³-hybridized carbons (Fsp3) is 0.391. The number of nitrogens with one attached hydrogen (secondary N) is 1. The minimum atomic E-state index is -0.812. The molecule has 1 atom stereocenters. The van der Waals surface area contributed by atoms with E-state index in [1.807, 2.05) is 36.0 Å². The molecule has 0 aliphatic carbocycles. The summed E-state index contributed by atoms with van der Waals surface area (Å²) in [6, 6.07) is 10.8. The number of rotatable bonds is 6. The van der Waals surface area contributed by atoms with Crippen molar-refractivity contribution in [2.45, 2.75) is 12.8 Å². The molecule has 5 nitrogen and oxygen atoms in total. The van der Waals surface area contributed by atoms with Crippen LogP contribution in [0.5, 0.6) is 0 Å². The van der Waals surface area contributed by atoms with Gasteiger partial charge in [0.1, 0.15) is 11.6 Å². The number of carbonyl (C=O) groups is 2. The molecular formula is C23H25F2N3O2S. The van der Waals surface area contributed by atoms with Crippen LogP contribution in [0, 0.1) is 17.6 Å². The predicted octanol–water partition coefficient (Wildman–Crippen LogP) is 3.55. The van der Waals surface area contributed by atoms with Gasteiger partial charge in [0.2, 0.25) is 11.8 Å². The molecule has 2 fully saturated rings. The second-order valence-electron chi connectivity index (χ2n) is 7.89. The predicted molar refractivity (Wildman–Crippen MR) is 119 cm³/mol. The van der Waals surface area contributed by atoms with Gasteiger partial charge >= 0.3 is 0 Å². The van der Waals surface area contributed by atoms with Crippen LogP contribution in [0.3, 0.4) is 0 Å². The zero-order valence-corrected chi connectivity index (χ0v) is 18.0. The summed E-state index contributed by atoms with van der Waals surface area (Å²) in [5.74, 6) is -0.351. The highest BCUT2D eigenvalue weighted by molar-refractivity contribution is 7.99. The first-order chi connectivity index (χ1) is 15.0. The van der Waals surface area contributed by atoms with Gasteiger partial charge in [-0.25, -0.2) is 8.78 Å². The Morgan fingerprint density at radius 3 is 2.55 bits per heavy atom. The number of carbonyl (C=O) groups excluding carboxylic acids is 2. The van der Waals surface area contributed by atoms with E-state index in [1.54, 1.807) is 0 Å². The molecule has 8 heteroatoms. The number of anilines is 2. The largest absolute Gasteiger partial charge is 0.326 e. The second kappa shape index (κ2) is 9.78. The first-order valence-electron chi connectivity index (χ1n) is 10.4. The number of hydrogen-bond acceptors (Lipinski definition) is 4. The molecule has 2 saturated heterocycles. The first-order valence-corrected chi connectivity index (χ1v) is 11.6. The highest BCUT2D eigenvalue weighted by Gasteiger charge is 2.36. The molecule has 0 radical (unpaired) electrons. The van der Waals surface area contributed by atoms with Gasteiger partial charge in [-0.15, -0.1) is 0 Å². The van der Waals surface area contributed by atoms with E-state index in [0.717, 1.165) is 38.2 Å². The van der Waals surface area contributed by atoms with Gasteiger partial charge < -0.3 is 15.1 Å². The van der Waals surface area contributed by atoms with Crippen molar-refractivity contribution < 1.29 is 18.4 Å². The maximum Gasteiger partial charge on any atom is 0.229 e. The lowest BCUT2D eigenvalue weighted by Gasteiger charge is -2.26. The minimum absolute atomic E-state index is 0.00153. The van der Waals surface area contributed by atoms with Gasteiger partial charge in [-0.2, -0.15) is 11.8 Å². The Morgan fingerprint density at radius 1 is 1.10 bits per heavy atom. The molecule has 2 aliphatic rings. The fourth-order valence-electron chi connectivity index (χ4n) is 3.93. The summed E-state index contributed by atoms with van der Waals surface area (Å²) in [5, 5.41) is 2.85. The van der Waals surface area contributed by atoms with Crippen molar-refractivity contribution >= 4 is 35.0 Å². The van der Waals surface area contributed by atoms with Crippen LogP contribution in [0.25, 0.3) is 0 Å². The molecular weight excluding hydrogens is 420 g/mol. The molecule has 0 spiro atoms. The third-order valence-corrected chi connectivity index (χ3v) is 6.68. The van der Waals surface area contributed by atoms with Gasteiger partial charge in [0, 0.05) is 55.9 Å². The van der Waals surface area contributed by atoms with Crippen LogP contribution in [0.15, 0.2) is 42.5 Å². The van der Waals surface area contributed by atoms with Crippen molar-refractivity contribution in [1.82, 2.24) is 4.90 Å². The maximum atomic E-state index is 14.0. The average molecular weight is 446 g/mol. The molecule has 0 saturated carbocycles. The lowest BCUT2D eigenvalue weighted by Crippen LogP contribution is -2.34. The van der Waals surface area contributed by atoms with Crippen molar-refractivity contribution in [2.75, 3.05) is 47.9 Å². The number of halogens is 2. The van der Waals surface area contributed by atoms with E-state index in [9.17, 15) is 18.4 Å². The van der Waals surface area contributed by atoms with Crippen LogP contribution < -0.4 is 10.2 Å². The monoisotopic (exact) mass is 445 g/mol.